The molecule has 134 valence electrons. The molecule has 0 saturated heterocycles. The number of fused-ring (bicyclic) bond motifs is 1. The summed E-state index contributed by atoms with van der Waals surface area (Å²) in [5.74, 6) is -3.76. The Morgan fingerprint density at radius 2 is 1.81 bits per heavy atom. The Labute approximate surface area is 144 Å². The number of alkyl halides is 3. The molecule has 0 aliphatic carbocycles. The zero-order valence-corrected chi connectivity index (χ0v) is 12.9. The maximum Gasteiger partial charge on any atom is 0.573 e. The van der Waals surface area contributed by atoms with Crippen molar-refractivity contribution in [1.29, 1.82) is 0 Å². The number of rotatable bonds is 4. The molecule has 6 nitrogen and oxygen atoms in total. The molecule has 0 atom stereocenters. The summed E-state index contributed by atoms with van der Waals surface area (Å²) in [6.07, 6.45) is -4.93. The molecule has 0 aromatic heterocycles. The Kier molecular flexibility index (Phi) is 4.15. The van der Waals surface area contributed by atoms with Gasteiger partial charge in [-0.2, -0.15) is 0 Å². The number of aromatic carboxylic acids is 1. The van der Waals surface area contributed by atoms with E-state index in [1.165, 1.54) is 18.2 Å². The van der Waals surface area contributed by atoms with Crippen LogP contribution in [0.1, 0.15) is 26.3 Å². The van der Waals surface area contributed by atoms with Gasteiger partial charge in [0.25, 0.3) is 11.7 Å². The van der Waals surface area contributed by atoms with Gasteiger partial charge < -0.3 is 14.7 Å². The number of amides is 1. The van der Waals surface area contributed by atoms with Gasteiger partial charge >= 0.3 is 12.3 Å². The molecular formula is C17H10F3NO5. The number of hydrogen-bond donors (Lipinski definition) is 1. The minimum atomic E-state index is -4.93. The third kappa shape index (κ3) is 3.23. The van der Waals surface area contributed by atoms with E-state index in [1.807, 2.05) is 0 Å². The van der Waals surface area contributed by atoms with Crippen molar-refractivity contribution in [3.63, 3.8) is 0 Å². The average Bonchev–Trinajstić information content (AvgIpc) is 2.78. The van der Waals surface area contributed by atoms with Crippen LogP contribution < -0.4 is 9.64 Å². The minimum Gasteiger partial charge on any atom is -0.478 e. The highest BCUT2D eigenvalue weighted by atomic mass is 19.4. The topological polar surface area (TPSA) is 83.9 Å². The van der Waals surface area contributed by atoms with Gasteiger partial charge in [0.1, 0.15) is 5.75 Å². The molecule has 3 rings (SSSR count). The van der Waals surface area contributed by atoms with Crippen LogP contribution in [0.25, 0.3) is 0 Å². The van der Waals surface area contributed by atoms with Crippen LogP contribution in [0.4, 0.5) is 18.9 Å². The van der Waals surface area contributed by atoms with Crippen molar-refractivity contribution in [2.75, 3.05) is 4.90 Å². The lowest BCUT2D eigenvalue weighted by molar-refractivity contribution is -0.274. The number of carboxylic acid groups (broad SMARTS) is 1. The third-order valence-corrected chi connectivity index (χ3v) is 3.75. The number of halogens is 3. The number of carbonyl (C=O) groups is 3. The van der Waals surface area contributed by atoms with Crippen molar-refractivity contribution in [3.8, 4) is 5.75 Å². The number of Topliss-reactive ketones (excluding diaryl/α,β-unsaturated/α-hetero) is 1. The second kappa shape index (κ2) is 6.17. The fourth-order valence-electron chi connectivity index (χ4n) is 2.67. The molecule has 1 aliphatic heterocycles. The predicted molar refractivity (Wildman–Crippen MR) is 82.0 cm³/mol. The minimum absolute atomic E-state index is 0.0433. The van der Waals surface area contributed by atoms with Gasteiger partial charge in [-0.3, -0.25) is 9.59 Å². The van der Waals surface area contributed by atoms with Crippen LogP contribution in [-0.4, -0.2) is 29.1 Å². The quantitative estimate of drug-likeness (QED) is 0.842. The molecular weight excluding hydrogens is 355 g/mol. The first-order valence-electron chi connectivity index (χ1n) is 7.24. The lowest BCUT2D eigenvalue weighted by atomic mass is 10.1. The van der Waals surface area contributed by atoms with E-state index in [0.29, 0.717) is 0 Å². The SMILES string of the molecule is O=C(O)c1ccccc1CN1C(=O)C(=O)c2cc(OC(F)(F)F)ccc21. The second-order valence-corrected chi connectivity index (χ2v) is 5.41. The van der Waals surface area contributed by atoms with Crippen LogP contribution in [-0.2, 0) is 11.3 Å². The number of ketones is 1. The number of hydrogen-bond acceptors (Lipinski definition) is 4. The van der Waals surface area contributed by atoms with Crippen molar-refractivity contribution >= 4 is 23.3 Å². The van der Waals surface area contributed by atoms with Gasteiger partial charge in [-0.1, -0.05) is 18.2 Å². The maximum atomic E-state index is 12.3. The van der Waals surface area contributed by atoms with Crippen LogP contribution in [0, 0.1) is 0 Å². The summed E-state index contributed by atoms with van der Waals surface area (Å²) in [7, 11) is 0. The molecule has 1 amide bonds. The average molecular weight is 365 g/mol. The van der Waals surface area contributed by atoms with E-state index >= 15 is 0 Å². The van der Waals surface area contributed by atoms with Crippen molar-refractivity contribution in [1.82, 2.24) is 0 Å². The fourth-order valence-corrected chi connectivity index (χ4v) is 2.67. The van der Waals surface area contributed by atoms with E-state index in [1.54, 1.807) is 6.07 Å². The number of carboxylic acids is 1. The van der Waals surface area contributed by atoms with Crippen LogP contribution in [0.3, 0.4) is 0 Å². The molecule has 1 N–H and O–H groups in total. The fraction of sp³-hybridized carbons (Fsp3) is 0.118. The zero-order valence-electron chi connectivity index (χ0n) is 12.9. The summed E-state index contributed by atoms with van der Waals surface area (Å²) in [6.45, 7) is -0.209. The van der Waals surface area contributed by atoms with E-state index in [-0.39, 0.29) is 28.9 Å². The second-order valence-electron chi connectivity index (χ2n) is 5.41. The van der Waals surface area contributed by atoms with Crippen molar-refractivity contribution in [3.05, 3.63) is 59.2 Å². The molecule has 0 bridgehead atoms. The highest BCUT2D eigenvalue weighted by Crippen LogP contribution is 2.35. The normalized spacial score (nSPS) is 13.7. The van der Waals surface area contributed by atoms with E-state index in [9.17, 15) is 32.7 Å². The standard InChI is InChI=1S/C17H10F3NO5/c18-17(19,20)26-10-5-6-13-12(7-10)14(22)15(23)21(13)8-9-3-1-2-4-11(9)16(24)25/h1-7H,8H2,(H,24,25). The Balaban J connectivity index is 1.96. The summed E-state index contributed by atoms with van der Waals surface area (Å²) in [6, 6.07) is 8.90. The molecule has 9 heteroatoms. The van der Waals surface area contributed by atoms with Crippen molar-refractivity contribution < 1.29 is 37.4 Å². The molecule has 2 aromatic carbocycles. The first-order valence-corrected chi connectivity index (χ1v) is 7.24. The van der Waals surface area contributed by atoms with Gasteiger partial charge in [0.2, 0.25) is 0 Å². The molecule has 0 unspecified atom stereocenters. The number of anilines is 1. The van der Waals surface area contributed by atoms with Gasteiger partial charge in [0.05, 0.1) is 23.4 Å². The Hall–Kier alpha value is -3.36. The number of ether oxygens (including phenoxy) is 1. The molecule has 0 saturated carbocycles. The third-order valence-electron chi connectivity index (χ3n) is 3.75. The summed E-state index contributed by atoms with van der Waals surface area (Å²) < 4.78 is 40.7. The first kappa shape index (κ1) is 17.5. The number of nitrogens with zero attached hydrogens (tertiary/aromatic N) is 1. The Morgan fingerprint density at radius 1 is 1.12 bits per heavy atom. The van der Waals surface area contributed by atoms with Crippen molar-refractivity contribution in [2.24, 2.45) is 0 Å². The predicted octanol–water partition coefficient (Wildman–Crippen LogP) is 3.01. The molecule has 0 spiro atoms. The summed E-state index contributed by atoms with van der Waals surface area (Å²) >= 11 is 0. The Bertz CT molecular complexity index is 923. The van der Waals surface area contributed by atoms with E-state index in [2.05, 4.69) is 4.74 Å². The van der Waals surface area contributed by atoms with Gasteiger partial charge in [-0.05, 0) is 29.8 Å². The molecule has 0 fully saturated rings. The smallest absolute Gasteiger partial charge is 0.478 e. The van der Waals surface area contributed by atoms with Gasteiger partial charge in [0.15, 0.2) is 0 Å². The van der Waals surface area contributed by atoms with Gasteiger partial charge in [-0.15, -0.1) is 13.2 Å². The Morgan fingerprint density at radius 3 is 2.46 bits per heavy atom. The molecule has 26 heavy (non-hydrogen) atoms. The van der Waals surface area contributed by atoms with Gasteiger partial charge in [0, 0.05) is 0 Å². The number of carbonyl (C=O) groups excluding carboxylic acids is 2. The molecule has 1 heterocycles. The van der Waals surface area contributed by atoms with Crippen LogP contribution in [0.5, 0.6) is 5.75 Å². The highest BCUT2D eigenvalue weighted by Gasteiger charge is 2.38. The monoisotopic (exact) mass is 365 g/mol. The lowest BCUT2D eigenvalue weighted by Crippen LogP contribution is -2.29. The highest BCUT2D eigenvalue weighted by molar-refractivity contribution is 6.52. The molecule has 1 aliphatic rings. The van der Waals surface area contributed by atoms with Gasteiger partial charge in [-0.25, -0.2) is 4.79 Å². The van der Waals surface area contributed by atoms with Crippen LogP contribution >= 0.6 is 0 Å². The lowest BCUT2D eigenvalue weighted by Gasteiger charge is -2.18. The first-order chi connectivity index (χ1) is 12.2. The van der Waals surface area contributed by atoms with Crippen LogP contribution in [0.2, 0.25) is 0 Å². The molecule has 2 aromatic rings. The van der Waals surface area contributed by atoms with E-state index < -0.39 is 29.8 Å². The maximum absolute atomic E-state index is 12.3. The van der Waals surface area contributed by atoms with E-state index in [0.717, 1.165) is 23.1 Å². The summed E-state index contributed by atoms with van der Waals surface area (Å²) in [5.41, 5.74) is 0.0992. The summed E-state index contributed by atoms with van der Waals surface area (Å²) in [5, 5.41) is 9.20. The zero-order chi connectivity index (χ0) is 19.1. The molecule has 0 radical (unpaired) electrons. The summed E-state index contributed by atoms with van der Waals surface area (Å²) in [4.78, 5) is 36.6. The van der Waals surface area contributed by atoms with Crippen LogP contribution in [0.15, 0.2) is 42.5 Å². The number of benzene rings is 2. The largest absolute Gasteiger partial charge is 0.573 e. The van der Waals surface area contributed by atoms with E-state index in [4.69, 9.17) is 0 Å². The van der Waals surface area contributed by atoms with Crippen molar-refractivity contribution in [2.45, 2.75) is 12.9 Å².